The molecule has 11 heavy (non-hydrogen) atoms. The summed E-state index contributed by atoms with van der Waals surface area (Å²) in [5.41, 5.74) is 0.292. The summed E-state index contributed by atoms with van der Waals surface area (Å²) in [6.07, 6.45) is 1.21. The maximum absolute atomic E-state index is 12.9. The summed E-state index contributed by atoms with van der Waals surface area (Å²) in [7, 11) is 0. The summed E-state index contributed by atoms with van der Waals surface area (Å²) in [5, 5.41) is 3.26. The second-order valence-electron chi connectivity index (χ2n) is 1.92. The third-order valence-electron chi connectivity index (χ3n) is 1.20. The van der Waals surface area contributed by atoms with Crippen molar-refractivity contribution in [3.63, 3.8) is 0 Å². The normalized spacial score (nSPS) is 10.7. The zero-order valence-corrected chi connectivity index (χ0v) is 6.35. The highest BCUT2D eigenvalue weighted by atomic mass is 35.5. The van der Waals surface area contributed by atoms with Crippen LogP contribution in [0.3, 0.4) is 0 Å². The number of halogens is 2. The van der Waals surface area contributed by atoms with Crippen molar-refractivity contribution in [3.8, 4) is 0 Å². The molecule has 0 heterocycles. The van der Waals surface area contributed by atoms with Crippen molar-refractivity contribution >= 4 is 17.8 Å². The predicted octanol–water partition coefficient (Wildman–Crippen LogP) is 1.77. The van der Waals surface area contributed by atoms with Gasteiger partial charge in [-0.15, -0.1) is 0 Å². The first-order valence-electron chi connectivity index (χ1n) is 2.93. The Kier molecular flexibility index (Phi) is 2.44. The van der Waals surface area contributed by atoms with Gasteiger partial charge in [-0.1, -0.05) is 23.7 Å². The van der Waals surface area contributed by atoms with E-state index in [1.165, 1.54) is 18.3 Å². The van der Waals surface area contributed by atoms with Crippen molar-refractivity contribution < 1.29 is 4.39 Å². The van der Waals surface area contributed by atoms with Crippen LogP contribution in [0.25, 0.3) is 0 Å². The molecular weight excluding hydrogens is 167 g/mol. The fourth-order valence-electron chi connectivity index (χ4n) is 0.700. The lowest BCUT2D eigenvalue weighted by Gasteiger charge is -1.95. The molecule has 0 saturated heterocycles. The molecule has 0 aliphatic rings. The minimum atomic E-state index is -0.497. The van der Waals surface area contributed by atoms with Crippen LogP contribution in [-0.4, -0.2) is 6.21 Å². The van der Waals surface area contributed by atoms with Gasteiger partial charge in [-0.2, -0.15) is 5.10 Å². The molecule has 0 amide bonds. The van der Waals surface area contributed by atoms with Gasteiger partial charge in [-0.25, -0.2) is 4.39 Å². The minimum absolute atomic E-state index is 0.0717. The van der Waals surface area contributed by atoms with Crippen LogP contribution in [0, 0.1) is 5.82 Å². The van der Waals surface area contributed by atoms with Crippen molar-refractivity contribution in [2.24, 2.45) is 10.9 Å². The summed E-state index contributed by atoms with van der Waals surface area (Å²) in [6, 6.07) is 4.63. The van der Waals surface area contributed by atoms with Gasteiger partial charge in [-0.05, 0) is 6.07 Å². The van der Waals surface area contributed by atoms with E-state index in [1.54, 1.807) is 6.07 Å². The molecule has 58 valence electrons. The van der Waals surface area contributed by atoms with E-state index in [1.807, 2.05) is 0 Å². The quantitative estimate of drug-likeness (QED) is 0.391. The predicted molar refractivity (Wildman–Crippen MR) is 43.2 cm³/mol. The Hall–Kier alpha value is -1.09. The fourth-order valence-corrected chi connectivity index (χ4v) is 0.882. The molecule has 1 aromatic rings. The van der Waals surface area contributed by atoms with Crippen LogP contribution >= 0.6 is 11.6 Å². The minimum Gasteiger partial charge on any atom is -0.323 e. The smallest absolute Gasteiger partial charge is 0.150 e. The third kappa shape index (κ3) is 1.68. The van der Waals surface area contributed by atoms with Crippen molar-refractivity contribution in [1.82, 2.24) is 0 Å². The average molecular weight is 173 g/mol. The van der Waals surface area contributed by atoms with Crippen molar-refractivity contribution in [3.05, 3.63) is 34.6 Å². The molecular formula is C7H6ClFN2. The van der Waals surface area contributed by atoms with Crippen molar-refractivity contribution in [2.75, 3.05) is 0 Å². The van der Waals surface area contributed by atoms with Crippen LogP contribution in [-0.2, 0) is 0 Å². The average Bonchev–Trinajstić information content (AvgIpc) is 1.99. The molecule has 0 saturated carbocycles. The number of hydrogen-bond donors (Lipinski definition) is 1. The van der Waals surface area contributed by atoms with Gasteiger partial charge in [0.2, 0.25) is 0 Å². The topological polar surface area (TPSA) is 38.4 Å². The number of benzene rings is 1. The Balaban J connectivity index is 3.16. The van der Waals surface area contributed by atoms with Gasteiger partial charge in [0.1, 0.15) is 0 Å². The van der Waals surface area contributed by atoms with E-state index in [4.69, 9.17) is 17.4 Å². The SMILES string of the molecule is NN=Cc1cccc(Cl)c1F. The molecule has 0 fully saturated rings. The van der Waals surface area contributed by atoms with E-state index >= 15 is 0 Å². The first-order valence-corrected chi connectivity index (χ1v) is 3.31. The number of nitrogens with zero attached hydrogens (tertiary/aromatic N) is 1. The summed E-state index contributed by atoms with van der Waals surface area (Å²) >= 11 is 5.47. The second-order valence-corrected chi connectivity index (χ2v) is 2.33. The van der Waals surface area contributed by atoms with Crippen LogP contribution in [0.15, 0.2) is 23.3 Å². The van der Waals surface area contributed by atoms with E-state index in [0.717, 1.165) is 0 Å². The number of hydrazone groups is 1. The monoisotopic (exact) mass is 172 g/mol. The Bertz CT molecular complexity index is 286. The Morgan fingerprint density at radius 2 is 2.27 bits per heavy atom. The summed E-state index contributed by atoms with van der Waals surface area (Å²) in [5.74, 6) is 4.34. The molecule has 0 spiro atoms. The van der Waals surface area contributed by atoms with Crippen LogP contribution in [0.5, 0.6) is 0 Å². The summed E-state index contributed by atoms with van der Waals surface area (Å²) in [6.45, 7) is 0. The van der Waals surface area contributed by atoms with Gasteiger partial charge in [0.15, 0.2) is 5.82 Å². The van der Waals surface area contributed by atoms with E-state index in [9.17, 15) is 4.39 Å². The molecule has 4 heteroatoms. The Morgan fingerprint density at radius 1 is 1.55 bits per heavy atom. The van der Waals surface area contributed by atoms with Crippen LogP contribution in [0.4, 0.5) is 4.39 Å². The van der Waals surface area contributed by atoms with Gasteiger partial charge < -0.3 is 5.84 Å². The van der Waals surface area contributed by atoms with Crippen LogP contribution in [0.1, 0.15) is 5.56 Å². The Labute approximate surface area is 68.5 Å². The molecule has 0 unspecified atom stereocenters. The third-order valence-corrected chi connectivity index (χ3v) is 1.49. The lowest BCUT2D eigenvalue weighted by Crippen LogP contribution is -1.91. The maximum atomic E-state index is 12.9. The molecule has 0 atom stereocenters. The highest BCUT2D eigenvalue weighted by molar-refractivity contribution is 6.31. The first-order chi connectivity index (χ1) is 5.25. The molecule has 0 aliphatic heterocycles. The Morgan fingerprint density at radius 3 is 2.91 bits per heavy atom. The zero-order chi connectivity index (χ0) is 8.27. The van der Waals surface area contributed by atoms with Gasteiger partial charge >= 0.3 is 0 Å². The van der Waals surface area contributed by atoms with Gasteiger partial charge in [0, 0.05) is 5.56 Å². The summed E-state index contributed by atoms with van der Waals surface area (Å²) < 4.78 is 12.9. The number of hydrogen-bond acceptors (Lipinski definition) is 2. The summed E-state index contributed by atoms with van der Waals surface area (Å²) in [4.78, 5) is 0. The van der Waals surface area contributed by atoms with Gasteiger partial charge in [0.05, 0.1) is 11.2 Å². The van der Waals surface area contributed by atoms with Gasteiger partial charge in [-0.3, -0.25) is 0 Å². The maximum Gasteiger partial charge on any atom is 0.150 e. The van der Waals surface area contributed by atoms with E-state index < -0.39 is 5.82 Å². The zero-order valence-electron chi connectivity index (χ0n) is 5.59. The van der Waals surface area contributed by atoms with Crippen LogP contribution in [0.2, 0.25) is 5.02 Å². The molecule has 0 aromatic heterocycles. The number of rotatable bonds is 1. The van der Waals surface area contributed by atoms with Crippen molar-refractivity contribution in [1.29, 1.82) is 0 Å². The number of nitrogens with two attached hydrogens (primary N) is 1. The van der Waals surface area contributed by atoms with E-state index in [0.29, 0.717) is 5.56 Å². The highest BCUT2D eigenvalue weighted by Gasteiger charge is 2.02. The lowest BCUT2D eigenvalue weighted by molar-refractivity contribution is 0.626. The van der Waals surface area contributed by atoms with Gasteiger partial charge in [0.25, 0.3) is 0 Å². The molecule has 0 aliphatic carbocycles. The first kappa shape index (κ1) is 8.01. The fraction of sp³-hybridized carbons (Fsp3) is 0. The van der Waals surface area contributed by atoms with E-state index in [-0.39, 0.29) is 5.02 Å². The van der Waals surface area contributed by atoms with E-state index in [2.05, 4.69) is 5.10 Å². The molecule has 0 radical (unpaired) electrons. The van der Waals surface area contributed by atoms with Crippen LogP contribution < -0.4 is 5.84 Å². The highest BCUT2D eigenvalue weighted by Crippen LogP contribution is 2.15. The molecule has 2 N–H and O–H groups in total. The largest absolute Gasteiger partial charge is 0.323 e. The van der Waals surface area contributed by atoms with Crippen molar-refractivity contribution in [2.45, 2.75) is 0 Å². The standard InChI is InChI=1S/C7H6ClFN2/c8-6-3-1-2-5(4-11-10)7(6)9/h1-4H,10H2. The molecule has 1 rings (SSSR count). The molecule has 2 nitrogen and oxygen atoms in total. The lowest BCUT2D eigenvalue weighted by atomic mass is 10.2. The molecule has 0 bridgehead atoms. The second kappa shape index (κ2) is 3.34. The molecule has 1 aromatic carbocycles.